The van der Waals surface area contributed by atoms with Crippen molar-refractivity contribution in [3.05, 3.63) is 59.7 Å². The van der Waals surface area contributed by atoms with E-state index in [0.29, 0.717) is 18.7 Å². The van der Waals surface area contributed by atoms with Crippen LogP contribution >= 0.6 is 0 Å². The smallest absolute Gasteiger partial charge is 0.206 e. The lowest BCUT2D eigenvalue weighted by Crippen LogP contribution is -2.39. The van der Waals surface area contributed by atoms with Crippen LogP contribution in [0.3, 0.4) is 0 Å². The van der Waals surface area contributed by atoms with Gasteiger partial charge in [0.25, 0.3) is 0 Å². The summed E-state index contributed by atoms with van der Waals surface area (Å²) in [5.41, 5.74) is 3.65. The van der Waals surface area contributed by atoms with Crippen LogP contribution < -0.4 is 4.90 Å². The van der Waals surface area contributed by atoms with Crippen LogP contribution in [0.2, 0.25) is 0 Å². The molecular weight excluding hydrogens is 312 g/mol. The molecule has 0 bridgehead atoms. The first-order valence-corrected chi connectivity index (χ1v) is 8.62. The molecule has 1 aliphatic heterocycles. The average molecular weight is 332 g/mol. The summed E-state index contributed by atoms with van der Waals surface area (Å²) in [5, 5.41) is 19.5. The van der Waals surface area contributed by atoms with Crippen molar-refractivity contribution in [3.8, 4) is 6.07 Å². The molecule has 1 N–H and O–H groups in total. The number of β-amino-alcohol motifs (C(OH)–C–C–N with tert-alkyl or cyclic N) is 1. The van der Waals surface area contributed by atoms with Gasteiger partial charge in [0, 0.05) is 13.1 Å². The molecule has 1 aliphatic rings. The highest BCUT2D eigenvalue weighted by Crippen LogP contribution is 2.27. The monoisotopic (exact) mass is 332 g/mol. The van der Waals surface area contributed by atoms with Gasteiger partial charge in [-0.3, -0.25) is 0 Å². The van der Waals surface area contributed by atoms with E-state index >= 15 is 0 Å². The molecule has 3 aromatic rings. The molecule has 2 aromatic carbocycles. The summed E-state index contributed by atoms with van der Waals surface area (Å²) < 4.78 is 2.16. The largest absolute Gasteiger partial charge is 0.391 e. The third-order valence-corrected chi connectivity index (χ3v) is 4.78. The second kappa shape index (κ2) is 6.58. The number of piperidine rings is 1. The molecule has 126 valence electrons. The maximum atomic E-state index is 10.1. The van der Waals surface area contributed by atoms with Gasteiger partial charge in [0.2, 0.25) is 5.95 Å². The van der Waals surface area contributed by atoms with Gasteiger partial charge in [-0.15, -0.1) is 0 Å². The van der Waals surface area contributed by atoms with Gasteiger partial charge in [0.15, 0.2) is 0 Å². The number of anilines is 1. The van der Waals surface area contributed by atoms with E-state index in [9.17, 15) is 10.4 Å². The minimum atomic E-state index is -0.312. The zero-order valence-electron chi connectivity index (χ0n) is 14.0. The van der Waals surface area contributed by atoms with E-state index in [1.165, 1.54) is 0 Å². The Morgan fingerprint density at radius 3 is 2.80 bits per heavy atom. The van der Waals surface area contributed by atoms with Crippen molar-refractivity contribution in [2.75, 3.05) is 18.0 Å². The highest BCUT2D eigenvalue weighted by molar-refractivity contribution is 5.79. The molecule has 4 rings (SSSR count). The second-order valence-electron chi connectivity index (χ2n) is 6.50. The number of hydrogen-bond donors (Lipinski definition) is 1. The zero-order chi connectivity index (χ0) is 17.2. The Kier molecular flexibility index (Phi) is 4.12. The molecule has 5 heteroatoms. The molecule has 0 unspecified atom stereocenters. The number of para-hydroxylation sites is 2. The molecule has 1 aromatic heterocycles. The van der Waals surface area contributed by atoms with Crippen LogP contribution in [-0.2, 0) is 6.54 Å². The highest BCUT2D eigenvalue weighted by Gasteiger charge is 2.23. The average Bonchev–Trinajstić information content (AvgIpc) is 3.01. The molecule has 0 radical (unpaired) electrons. The van der Waals surface area contributed by atoms with E-state index in [2.05, 4.69) is 21.6 Å². The van der Waals surface area contributed by atoms with Crippen LogP contribution in [0.15, 0.2) is 48.5 Å². The standard InChI is InChI=1S/C20H20N4O/c21-12-15-6-1-2-7-16(15)13-24-19-10-4-3-9-18(19)22-20(24)23-11-5-8-17(25)14-23/h1-4,6-7,9-10,17,25H,5,8,11,13-14H2/t17-/m1/s1. The Labute approximate surface area is 146 Å². The van der Waals surface area contributed by atoms with Crippen LogP contribution in [0.25, 0.3) is 11.0 Å². The summed E-state index contributed by atoms with van der Waals surface area (Å²) in [5.74, 6) is 0.868. The van der Waals surface area contributed by atoms with Crippen LogP contribution in [-0.4, -0.2) is 33.9 Å². The molecule has 0 amide bonds. The molecule has 1 saturated heterocycles. The van der Waals surface area contributed by atoms with Crippen molar-refractivity contribution in [2.24, 2.45) is 0 Å². The van der Waals surface area contributed by atoms with Gasteiger partial charge in [0.05, 0.1) is 35.3 Å². The summed E-state index contributed by atoms with van der Waals surface area (Å²) in [6.45, 7) is 2.08. The van der Waals surface area contributed by atoms with Crippen LogP contribution in [0.4, 0.5) is 5.95 Å². The summed E-state index contributed by atoms with van der Waals surface area (Å²) in [7, 11) is 0. The SMILES string of the molecule is N#Cc1ccccc1Cn1c(N2CCC[C@@H](O)C2)nc2ccccc21. The van der Waals surface area contributed by atoms with Crippen molar-refractivity contribution < 1.29 is 5.11 Å². The van der Waals surface area contributed by atoms with Gasteiger partial charge in [-0.05, 0) is 36.6 Å². The zero-order valence-corrected chi connectivity index (χ0v) is 14.0. The molecule has 0 aliphatic carbocycles. The third-order valence-electron chi connectivity index (χ3n) is 4.78. The maximum absolute atomic E-state index is 10.1. The van der Waals surface area contributed by atoms with Crippen LogP contribution in [0, 0.1) is 11.3 Å². The summed E-state index contributed by atoms with van der Waals surface area (Å²) in [6.07, 6.45) is 1.49. The maximum Gasteiger partial charge on any atom is 0.206 e. The molecule has 1 fully saturated rings. The number of nitrogens with zero attached hydrogens (tertiary/aromatic N) is 4. The fraction of sp³-hybridized carbons (Fsp3) is 0.300. The van der Waals surface area contributed by atoms with Crippen molar-refractivity contribution >= 4 is 17.0 Å². The number of aliphatic hydroxyl groups excluding tert-OH is 1. The summed E-state index contributed by atoms with van der Waals surface area (Å²) in [6, 6.07) is 18.0. The van der Waals surface area contributed by atoms with Gasteiger partial charge >= 0.3 is 0 Å². The molecule has 5 nitrogen and oxygen atoms in total. The predicted molar refractivity (Wildman–Crippen MR) is 97.4 cm³/mol. The fourth-order valence-electron chi connectivity index (χ4n) is 3.53. The van der Waals surface area contributed by atoms with Crippen molar-refractivity contribution in [1.82, 2.24) is 9.55 Å². The Morgan fingerprint density at radius 1 is 1.16 bits per heavy atom. The van der Waals surface area contributed by atoms with E-state index < -0.39 is 0 Å². The Bertz CT molecular complexity index is 940. The molecule has 0 saturated carbocycles. The molecular formula is C20H20N4O. The van der Waals surface area contributed by atoms with Gasteiger partial charge in [0.1, 0.15) is 0 Å². The van der Waals surface area contributed by atoms with E-state index in [0.717, 1.165) is 41.9 Å². The van der Waals surface area contributed by atoms with Crippen molar-refractivity contribution in [1.29, 1.82) is 5.26 Å². The minimum absolute atomic E-state index is 0.312. The lowest BCUT2D eigenvalue weighted by Gasteiger charge is -2.31. The van der Waals surface area contributed by atoms with E-state index in [-0.39, 0.29) is 6.10 Å². The third kappa shape index (κ3) is 2.97. The Hall–Kier alpha value is -2.84. The van der Waals surface area contributed by atoms with Gasteiger partial charge in [-0.25, -0.2) is 4.98 Å². The predicted octanol–water partition coefficient (Wildman–Crippen LogP) is 2.92. The number of benzene rings is 2. The van der Waals surface area contributed by atoms with Crippen LogP contribution in [0.1, 0.15) is 24.0 Å². The number of imidazole rings is 1. The normalized spacial score (nSPS) is 17.6. The molecule has 0 spiro atoms. The Balaban J connectivity index is 1.81. The first-order valence-electron chi connectivity index (χ1n) is 8.62. The quantitative estimate of drug-likeness (QED) is 0.801. The first-order chi connectivity index (χ1) is 12.3. The Morgan fingerprint density at radius 2 is 1.96 bits per heavy atom. The van der Waals surface area contributed by atoms with Gasteiger partial charge in [-0.2, -0.15) is 5.26 Å². The molecule has 1 atom stereocenters. The number of aliphatic hydroxyl groups is 1. The number of hydrogen-bond acceptors (Lipinski definition) is 4. The number of nitriles is 1. The van der Waals surface area contributed by atoms with E-state index in [4.69, 9.17) is 4.98 Å². The topological polar surface area (TPSA) is 65.1 Å². The van der Waals surface area contributed by atoms with E-state index in [1.54, 1.807) is 0 Å². The second-order valence-corrected chi connectivity index (χ2v) is 6.50. The number of fused-ring (bicyclic) bond motifs is 1. The minimum Gasteiger partial charge on any atom is -0.391 e. The molecule has 2 heterocycles. The van der Waals surface area contributed by atoms with Crippen LogP contribution in [0.5, 0.6) is 0 Å². The lowest BCUT2D eigenvalue weighted by atomic mass is 10.1. The van der Waals surface area contributed by atoms with E-state index in [1.807, 2.05) is 42.5 Å². The van der Waals surface area contributed by atoms with Gasteiger partial charge < -0.3 is 14.6 Å². The van der Waals surface area contributed by atoms with Crippen molar-refractivity contribution in [3.63, 3.8) is 0 Å². The molecule has 25 heavy (non-hydrogen) atoms. The first kappa shape index (κ1) is 15.7. The van der Waals surface area contributed by atoms with Gasteiger partial charge in [-0.1, -0.05) is 30.3 Å². The summed E-state index contributed by atoms with van der Waals surface area (Å²) >= 11 is 0. The number of rotatable bonds is 3. The lowest BCUT2D eigenvalue weighted by molar-refractivity contribution is 0.153. The van der Waals surface area contributed by atoms with Crippen molar-refractivity contribution in [2.45, 2.75) is 25.5 Å². The summed E-state index contributed by atoms with van der Waals surface area (Å²) in [4.78, 5) is 6.97. The highest BCUT2D eigenvalue weighted by atomic mass is 16.3. The fourth-order valence-corrected chi connectivity index (χ4v) is 3.53. The number of aromatic nitrogens is 2.